The molecule has 2 nitrogen and oxygen atoms in total. The molecule has 112 valence electrons. The second-order valence-electron chi connectivity index (χ2n) is 6.69. The average Bonchev–Trinajstić information content (AvgIpc) is 2.39. The lowest BCUT2D eigenvalue weighted by Crippen LogP contribution is -2.34. The highest BCUT2D eigenvalue weighted by atomic mass is 32.2. The molecule has 2 rings (SSSR count). The minimum atomic E-state index is 0.230. The van der Waals surface area contributed by atoms with E-state index in [1.807, 2.05) is 11.8 Å². The number of likely N-dealkylation sites (tertiary alicyclic amines) is 1. The van der Waals surface area contributed by atoms with Crippen LogP contribution < -0.4 is 0 Å². The molecule has 1 aromatic rings. The highest BCUT2D eigenvalue weighted by molar-refractivity contribution is 8.00. The van der Waals surface area contributed by atoms with E-state index in [-0.39, 0.29) is 4.75 Å². The molecule has 0 amide bonds. The molecule has 20 heavy (non-hydrogen) atoms. The second-order valence-corrected chi connectivity index (χ2v) is 8.54. The molecule has 1 aliphatic rings. The van der Waals surface area contributed by atoms with Crippen LogP contribution in [-0.4, -0.2) is 27.7 Å². The van der Waals surface area contributed by atoms with Crippen LogP contribution in [0.15, 0.2) is 23.4 Å². The van der Waals surface area contributed by atoms with Gasteiger partial charge in [-0.25, -0.2) is 4.98 Å². The summed E-state index contributed by atoms with van der Waals surface area (Å²) in [5.41, 5.74) is 1.40. The Morgan fingerprint density at radius 1 is 1.30 bits per heavy atom. The van der Waals surface area contributed by atoms with Gasteiger partial charge < -0.3 is 0 Å². The zero-order chi connectivity index (χ0) is 14.6. The van der Waals surface area contributed by atoms with Crippen molar-refractivity contribution in [3.8, 4) is 0 Å². The van der Waals surface area contributed by atoms with E-state index in [0.29, 0.717) is 6.04 Å². The van der Waals surface area contributed by atoms with Gasteiger partial charge in [-0.05, 0) is 44.0 Å². The van der Waals surface area contributed by atoms with Gasteiger partial charge in [0.1, 0.15) is 0 Å². The first-order valence-corrected chi connectivity index (χ1v) is 8.70. The quantitative estimate of drug-likeness (QED) is 0.734. The van der Waals surface area contributed by atoms with E-state index in [4.69, 9.17) is 0 Å². The number of thioether (sulfide) groups is 1. The SMILES string of the molecule is CCCN1CCCC[C@H]1c1ccc(SC(C)(C)C)nc1. The van der Waals surface area contributed by atoms with E-state index in [0.717, 1.165) is 5.03 Å². The molecule has 1 aromatic heterocycles. The van der Waals surface area contributed by atoms with Crippen molar-refractivity contribution in [1.29, 1.82) is 0 Å². The molecule has 1 saturated heterocycles. The summed E-state index contributed by atoms with van der Waals surface area (Å²) < 4.78 is 0.230. The molecule has 0 unspecified atom stereocenters. The Hall–Kier alpha value is -0.540. The van der Waals surface area contributed by atoms with Crippen LogP contribution >= 0.6 is 11.8 Å². The molecular weight excluding hydrogens is 264 g/mol. The number of hydrogen-bond acceptors (Lipinski definition) is 3. The van der Waals surface area contributed by atoms with Gasteiger partial charge in [-0.15, -0.1) is 11.8 Å². The molecule has 0 radical (unpaired) electrons. The van der Waals surface area contributed by atoms with Gasteiger partial charge in [0.05, 0.1) is 5.03 Å². The summed E-state index contributed by atoms with van der Waals surface area (Å²) in [6.07, 6.45) is 7.33. The monoisotopic (exact) mass is 292 g/mol. The summed E-state index contributed by atoms with van der Waals surface area (Å²) >= 11 is 1.84. The van der Waals surface area contributed by atoms with E-state index in [1.54, 1.807) is 0 Å². The van der Waals surface area contributed by atoms with Gasteiger partial charge in [0, 0.05) is 17.0 Å². The van der Waals surface area contributed by atoms with E-state index in [1.165, 1.54) is 44.3 Å². The maximum absolute atomic E-state index is 4.67. The highest BCUT2D eigenvalue weighted by Gasteiger charge is 2.23. The zero-order valence-corrected chi connectivity index (χ0v) is 14.2. The van der Waals surface area contributed by atoms with Crippen molar-refractivity contribution >= 4 is 11.8 Å². The van der Waals surface area contributed by atoms with Crippen LogP contribution in [0.2, 0.25) is 0 Å². The van der Waals surface area contributed by atoms with Crippen molar-refractivity contribution in [2.24, 2.45) is 0 Å². The van der Waals surface area contributed by atoms with E-state index in [2.05, 4.69) is 55.9 Å². The Morgan fingerprint density at radius 3 is 2.70 bits per heavy atom. The summed E-state index contributed by atoms with van der Waals surface area (Å²) in [6.45, 7) is 11.4. The van der Waals surface area contributed by atoms with Crippen LogP contribution in [-0.2, 0) is 0 Å². The number of nitrogens with zero attached hydrogens (tertiary/aromatic N) is 2. The smallest absolute Gasteiger partial charge is 0.0965 e. The zero-order valence-electron chi connectivity index (χ0n) is 13.4. The minimum absolute atomic E-state index is 0.230. The van der Waals surface area contributed by atoms with Gasteiger partial charge in [0.2, 0.25) is 0 Å². The molecule has 0 aromatic carbocycles. The molecule has 0 spiro atoms. The number of piperidine rings is 1. The standard InChI is InChI=1S/C17H28N2S/c1-5-11-19-12-7-6-8-15(19)14-9-10-16(18-13-14)20-17(2,3)4/h9-10,13,15H,5-8,11-12H2,1-4H3/t15-/m0/s1. The topological polar surface area (TPSA) is 16.1 Å². The van der Waals surface area contributed by atoms with Crippen molar-refractivity contribution in [2.75, 3.05) is 13.1 Å². The Kier molecular flexibility index (Phi) is 5.50. The van der Waals surface area contributed by atoms with Gasteiger partial charge in [-0.1, -0.05) is 40.2 Å². The fraction of sp³-hybridized carbons (Fsp3) is 0.706. The fourth-order valence-corrected chi connectivity index (χ4v) is 3.76. The summed E-state index contributed by atoms with van der Waals surface area (Å²) in [7, 11) is 0. The van der Waals surface area contributed by atoms with Crippen LogP contribution in [0.4, 0.5) is 0 Å². The predicted octanol–water partition coefficient (Wildman–Crippen LogP) is 4.91. The van der Waals surface area contributed by atoms with Crippen LogP contribution in [0.1, 0.15) is 65.0 Å². The van der Waals surface area contributed by atoms with Crippen LogP contribution in [0.3, 0.4) is 0 Å². The predicted molar refractivity (Wildman–Crippen MR) is 88.3 cm³/mol. The summed E-state index contributed by atoms with van der Waals surface area (Å²) in [5, 5.41) is 1.14. The van der Waals surface area contributed by atoms with E-state index in [9.17, 15) is 0 Å². The Balaban J connectivity index is 2.07. The van der Waals surface area contributed by atoms with Crippen molar-refractivity contribution in [2.45, 2.75) is 69.2 Å². The first-order chi connectivity index (χ1) is 9.49. The van der Waals surface area contributed by atoms with E-state index >= 15 is 0 Å². The van der Waals surface area contributed by atoms with E-state index < -0.39 is 0 Å². The van der Waals surface area contributed by atoms with Crippen LogP contribution in [0.5, 0.6) is 0 Å². The average molecular weight is 292 g/mol. The third-order valence-electron chi connectivity index (χ3n) is 3.68. The van der Waals surface area contributed by atoms with Crippen LogP contribution in [0, 0.1) is 0 Å². The molecule has 0 saturated carbocycles. The van der Waals surface area contributed by atoms with Gasteiger partial charge in [-0.2, -0.15) is 0 Å². The number of rotatable bonds is 4. The first kappa shape index (κ1) is 15.8. The van der Waals surface area contributed by atoms with Crippen molar-refractivity contribution in [3.05, 3.63) is 23.9 Å². The largest absolute Gasteiger partial charge is 0.296 e. The Morgan fingerprint density at radius 2 is 2.10 bits per heavy atom. The van der Waals surface area contributed by atoms with Gasteiger partial charge >= 0.3 is 0 Å². The maximum atomic E-state index is 4.67. The third kappa shape index (κ3) is 4.49. The lowest BCUT2D eigenvalue weighted by molar-refractivity contribution is 0.148. The van der Waals surface area contributed by atoms with Crippen molar-refractivity contribution in [3.63, 3.8) is 0 Å². The fourth-order valence-electron chi connectivity index (χ4n) is 2.89. The Labute approximate surface area is 128 Å². The molecule has 0 N–H and O–H groups in total. The molecule has 1 atom stereocenters. The van der Waals surface area contributed by atoms with Crippen molar-refractivity contribution < 1.29 is 0 Å². The highest BCUT2D eigenvalue weighted by Crippen LogP contribution is 2.33. The van der Waals surface area contributed by atoms with Gasteiger partial charge in [-0.3, -0.25) is 4.90 Å². The molecule has 0 bridgehead atoms. The molecule has 2 heterocycles. The minimum Gasteiger partial charge on any atom is -0.296 e. The summed E-state index contributed by atoms with van der Waals surface area (Å²) in [6, 6.07) is 5.08. The Bertz CT molecular complexity index is 406. The first-order valence-electron chi connectivity index (χ1n) is 7.88. The third-order valence-corrected chi connectivity index (χ3v) is 4.74. The lowest BCUT2D eigenvalue weighted by atomic mass is 9.96. The number of pyridine rings is 1. The van der Waals surface area contributed by atoms with Crippen molar-refractivity contribution in [1.82, 2.24) is 9.88 Å². The molecule has 3 heteroatoms. The summed E-state index contributed by atoms with van der Waals surface area (Å²) in [4.78, 5) is 7.31. The normalized spacial score (nSPS) is 21.1. The molecule has 1 aliphatic heterocycles. The molecule has 1 fully saturated rings. The number of aromatic nitrogens is 1. The lowest BCUT2D eigenvalue weighted by Gasteiger charge is -2.35. The maximum Gasteiger partial charge on any atom is 0.0965 e. The second kappa shape index (κ2) is 6.95. The van der Waals surface area contributed by atoms with Crippen LogP contribution in [0.25, 0.3) is 0 Å². The molecule has 0 aliphatic carbocycles. The summed E-state index contributed by atoms with van der Waals surface area (Å²) in [5.74, 6) is 0. The molecular formula is C17H28N2S. The van der Waals surface area contributed by atoms with Gasteiger partial charge in [0.25, 0.3) is 0 Å². The van der Waals surface area contributed by atoms with Gasteiger partial charge in [0.15, 0.2) is 0 Å². The number of hydrogen-bond donors (Lipinski definition) is 0.